The van der Waals surface area contributed by atoms with Gasteiger partial charge in [0.2, 0.25) is 5.91 Å². The molecule has 1 aromatic carbocycles. The van der Waals surface area contributed by atoms with Crippen LogP contribution in [-0.4, -0.2) is 34.8 Å². The highest BCUT2D eigenvalue weighted by Crippen LogP contribution is 2.29. The summed E-state index contributed by atoms with van der Waals surface area (Å²) in [5, 5.41) is 5.69. The number of nitrogens with one attached hydrogen (secondary N) is 2. The van der Waals surface area contributed by atoms with Gasteiger partial charge in [0.25, 0.3) is 5.91 Å². The second-order valence-corrected chi connectivity index (χ2v) is 6.52. The average Bonchev–Trinajstić information content (AvgIpc) is 3.01. The molecule has 1 aliphatic rings. The molecule has 0 unspecified atom stereocenters. The van der Waals surface area contributed by atoms with Crippen LogP contribution in [0.1, 0.15) is 21.6 Å². The zero-order valence-electron chi connectivity index (χ0n) is 14.6. The number of carbonyl (C=O) groups excluding carboxylic acids is 2. The lowest BCUT2D eigenvalue weighted by Gasteiger charge is -2.27. The first-order chi connectivity index (χ1) is 12.5. The summed E-state index contributed by atoms with van der Waals surface area (Å²) < 4.78 is 1.95. The van der Waals surface area contributed by atoms with E-state index in [4.69, 9.17) is 0 Å². The fraction of sp³-hybridized carbons (Fsp3) is 0.211. The minimum Gasteiger partial charge on any atom is -0.364 e. The molecule has 1 aliphatic heterocycles. The molecule has 3 heterocycles. The first-order valence-corrected chi connectivity index (χ1v) is 8.37. The van der Waals surface area contributed by atoms with Crippen molar-refractivity contribution in [3.05, 3.63) is 59.5 Å². The third-order valence-corrected chi connectivity index (χ3v) is 4.40. The van der Waals surface area contributed by atoms with Crippen LogP contribution in [0.5, 0.6) is 0 Å². The van der Waals surface area contributed by atoms with E-state index in [1.165, 1.54) is 0 Å². The van der Waals surface area contributed by atoms with Crippen LogP contribution >= 0.6 is 0 Å². The van der Waals surface area contributed by atoms with Crippen molar-refractivity contribution in [1.82, 2.24) is 14.7 Å². The van der Waals surface area contributed by atoms with Gasteiger partial charge in [-0.15, -0.1) is 0 Å². The van der Waals surface area contributed by atoms with Crippen LogP contribution in [0.2, 0.25) is 0 Å². The number of imidazole rings is 1. The highest BCUT2D eigenvalue weighted by atomic mass is 16.2. The van der Waals surface area contributed by atoms with Gasteiger partial charge < -0.3 is 19.9 Å². The zero-order chi connectivity index (χ0) is 18.3. The highest BCUT2D eigenvalue weighted by Gasteiger charge is 2.20. The molecular weight excluding hydrogens is 330 g/mol. The van der Waals surface area contributed by atoms with Crippen molar-refractivity contribution in [3.8, 4) is 0 Å². The van der Waals surface area contributed by atoms with Crippen molar-refractivity contribution >= 4 is 28.8 Å². The predicted molar refractivity (Wildman–Crippen MR) is 99.4 cm³/mol. The van der Waals surface area contributed by atoms with Crippen molar-refractivity contribution in [2.24, 2.45) is 0 Å². The van der Waals surface area contributed by atoms with Gasteiger partial charge in [-0.2, -0.15) is 0 Å². The molecule has 26 heavy (non-hydrogen) atoms. The van der Waals surface area contributed by atoms with Crippen LogP contribution in [0.4, 0.5) is 11.4 Å². The number of nitrogens with zero attached hydrogens (tertiary/aromatic N) is 3. The molecule has 2 amide bonds. The number of hydrogen-bond donors (Lipinski definition) is 2. The first kappa shape index (κ1) is 16.1. The van der Waals surface area contributed by atoms with E-state index < -0.39 is 0 Å². The number of hydrogen-bond acceptors (Lipinski definition) is 4. The largest absolute Gasteiger partial charge is 0.364 e. The summed E-state index contributed by atoms with van der Waals surface area (Å²) in [6, 6.07) is 9.25. The van der Waals surface area contributed by atoms with Gasteiger partial charge >= 0.3 is 0 Å². The maximum Gasteiger partial charge on any atom is 0.251 e. The molecule has 0 fully saturated rings. The summed E-state index contributed by atoms with van der Waals surface area (Å²) in [6.07, 6.45) is 3.90. The maximum absolute atomic E-state index is 12.5. The van der Waals surface area contributed by atoms with Crippen LogP contribution in [0.3, 0.4) is 0 Å². The lowest BCUT2D eigenvalue weighted by Crippen LogP contribution is -2.35. The van der Waals surface area contributed by atoms with Crippen LogP contribution in [0.25, 0.3) is 5.65 Å². The minimum atomic E-state index is -0.205. The zero-order valence-corrected chi connectivity index (χ0v) is 14.6. The van der Waals surface area contributed by atoms with Crippen LogP contribution in [0.15, 0.2) is 42.7 Å². The van der Waals surface area contributed by atoms with E-state index in [1.807, 2.05) is 53.9 Å². The number of fused-ring (bicyclic) bond motifs is 2. The van der Waals surface area contributed by atoms with Gasteiger partial charge in [0, 0.05) is 25.0 Å². The number of pyridine rings is 1. The van der Waals surface area contributed by atoms with Crippen LogP contribution in [-0.2, 0) is 11.3 Å². The third-order valence-electron chi connectivity index (χ3n) is 4.40. The van der Waals surface area contributed by atoms with Gasteiger partial charge in [0.05, 0.1) is 30.2 Å². The lowest BCUT2D eigenvalue weighted by molar-refractivity contribution is -0.115. The molecule has 0 radical (unpaired) electrons. The number of benzene rings is 1. The lowest BCUT2D eigenvalue weighted by atomic mass is 10.1. The monoisotopic (exact) mass is 349 g/mol. The maximum atomic E-state index is 12.5. The van der Waals surface area contributed by atoms with Crippen LogP contribution < -0.4 is 15.5 Å². The smallest absolute Gasteiger partial charge is 0.251 e. The number of anilines is 2. The molecule has 0 aliphatic carbocycles. The van der Waals surface area contributed by atoms with Crippen molar-refractivity contribution in [2.45, 2.75) is 13.5 Å². The Bertz CT molecular complexity index is 1020. The number of likely N-dealkylation sites (N-methyl/N-ethyl adjacent to an activating group) is 1. The second kappa shape index (κ2) is 6.18. The van der Waals surface area contributed by atoms with Gasteiger partial charge in [-0.3, -0.25) is 9.59 Å². The molecule has 132 valence electrons. The predicted octanol–water partition coefficient (Wildman–Crippen LogP) is 1.96. The molecule has 2 N–H and O–H groups in total. The summed E-state index contributed by atoms with van der Waals surface area (Å²) >= 11 is 0. The Morgan fingerprint density at radius 2 is 2.12 bits per heavy atom. The Morgan fingerprint density at radius 1 is 1.27 bits per heavy atom. The SMILES string of the molecule is Cc1ccc2nc(CNC(=O)c3ccc4c(c3)NC(=O)CN4C)cn2c1. The van der Waals surface area contributed by atoms with E-state index in [2.05, 4.69) is 15.6 Å². The number of amides is 2. The fourth-order valence-electron chi connectivity index (χ4n) is 3.11. The topological polar surface area (TPSA) is 78.7 Å². The normalized spacial score (nSPS) is 13.5. The van der Waals surface area contributed by atoms with E-state index in [9.17, 15) is 9.59 Å². The quantitative estimate of drug-likeness (QED) is 0.758. The molecule has 0 bridgehead atoms. The molecule has 4 rings (SSSR count). The number of rotatable bonds is 3. The molecule has 0 spiro atoms. The molecule has 7 nitrogen and oxygen atoms in total. The van der Waals surface area contributed by atoms with E-state index in [0.717, 1.165) is 22.6 Å². The van der Waals surface area contributed by atoms with Crippen LogP contribution in [0, 0.1) is 6.92 Å². The average molecular weight is 349 g/mol. The van der Waals surface area contributed by atoms with Gasteiger partial charge in [-0.1, -0.05) is 6.07 Å². The Kier molecular flexibility index (Phi) is 3.84. The van der Waals surface area contributed by atoms with Crippen molar-refractivity contribution in [3.63, 3.8) is 0 Å². The summed E-state index contributed by atoms with van der Waals surface area (Å²) in [5.74, 6) is -0.291. The Balaban J connectivity index is 1.49. The van der Waals surface area contributed by atoms with E-state index in [0.29, 0.717) is 24.3 Å². The highest BCUT2D eigenvalue weighted by molar-refractivity contribution is 6.03. The molecule has 7 heteroatoms. The summed E-state index contributed by atoms with van der Waals surface area (Å²) in [6.45, 7) is 2.67. The molecular formula is C19H19N5O2. The van der Waals surface area contributed by atoms with Crippen molar-refractivity contribution in [2.75, 3.05) is 23.8 Å². The summed E-state index contributed by atoms with van der Waals surface area (Å²) in [4.78, 5) is 30.5. The second-order valence-electron chi connectivity index (χ2n) is 6.52. The standard InChI is InChI=1S/C19H19N5O2/c1-12-3-6-17-21-14(10-24(17)9-12)8-20-19(26)13-4-5-16-15(7-13)22-18(25)11-23(16)2/h3-7,9-10H,8,11H2,1-2H3,(H,20,26)(H,22,25). The number of aromatic nitrogens is 2. The third kappa shape index (κ3) is 2.99. The fourth-order valence-corrected chi connectivity index (χ4v) is 3.11. The number of aryl methyl sites for hydroxylation is 1. The minimum absolute atomic E-state index is 0.0856. The van der Waals surface area contributed by atoms with E-state index in [1.54, 1.807) is 12.1 Å². The Labute approximate surface area is 150 Å². The van der Waals surface area contributed by atoms with E-state index >= 15 is 0 Å². The molecule has 0 saturated heterocycles. The van der Waals surface area contributed by atoms with Crippen molar-refractivity contribution < 1.29 is 9.59 Å². The Morgan fingerprint density at radius 3 is 2.96 bits per heavy atom. The molecule has 0 saturated carbocycles. The van der Waals surface area contributed by atoms with Gasteiger partial charge in [-0.25, -0.2) is 4.98 Å². The summed E-state index contributed by atoms with van der Waals surface area (Å²) in [5.41, 5.74) is 4.83. The molecule has 2 aromatic heterocycles. The molecule has 3 aromatic rings. The van der Waals surface area contributed by atoms with Gasteiger partial charge in [0.15, 0.2) is 0 Å². The van der Waals surface area contributed by atoms with E-state index in [-0.39, 0.29) is 11.8 Å². The van der Waals surface area contributed by atoms with Crippen molar-refractivity contribution in [1.29, 1.82) is 0 Å². The van der Waals surface area contributed by atoms with Gasteiger partial charge in [0.1, 0.15) is 5.65 Å². The summed E-state index contributed by atoms with van der Waals surface area (Å²) in [7, 11) is 1.85. The first-order valence-electron chi connectivity index (χ1n) is 8.37. The van der Waals surface area contributed by atoms with Gasteiger partial charge in [-0.05, 0) is 36.8 Å². The Hall–Kier alpha value is -3.35. The number of carbonyl (C=O) groups is 2. The molecule has 0 atom stereocenters.